The molecule has 7 heteroatoms. The molecule has 0 unspecified atom stereocenters. The molecule has 7 nitrogen and oxygen atoms in total. The van der Waals surface area contributed by atoms with E-state index in [1.54, 1.807) is 15.8 Å². The van der Waals surface area contributed by atoms with Gasteiger partial charge in [0.25, 0.3) is 0 Å². The van der Waals surface area contributed by atoms with E-state index < -0.39 is 0 Å². The lowest BCUT2D eigenvalue weighted by atomic mass is 9.98. The third-order valence-corrected chi connectivity index (χ3v) is 6.76. The van der Waals surface area contributed by atoms with Gasteiger partial charge < -0.3 is 14.4 Å². The van der Waals surface area contributed by atoms with Gasteiger partial charge in [0.1, 0.15) is 12.4 Å². The first kappa shape index (κ1) is 21.7. The third kappa shape index (κ3) is 5.02. The molecule has 0 spiro atoms. The van der Waals surface area contributed by atoms with Gasteiger partial charge in [0, 0.05) is 25.7 Å². The second kappa shape index (κ2) is 9.28. The number of carbonyl (C=O) groups is 1. The SMILES string of the molecule is Cc1nc(-c2cnn(C)c2COC(=O)N(C)[C@@H](C)C2CC2)ccc1OC1CCCCC1. The number of carbonyl (C=O) groups excluding carboxylic acids is 1. The van der Waals surface area contributed by atoms with Crippen molar-refractivity contribution >= 4 is 6.09 Å². The van der Waals surface area contributed by atoms with Crippen molar-refractivity contribution in [2.75, 3.05) is 7.05 Å². The van der Waals surface area contributed by atoms with E-state index in [-0.39, 0.29) is 18.7 Å². The van der Waals surface area contributed by atoms with E-state index in [1.165, 1.54) is 32.1 Å². The van der Waals surface area contributed by atoms with Crippen molar-refractivity contribution in [3.8, 4) is 17.0 Å². The highest BCUT2D eigenvalue weighted by atomic mass is 16.6. The molecular weight excluding hydrogens is 392 g/mol. The Labute approximate surface area is 184 Å². The van der Waals surface area contributed by atoms with Crippen LogP contribution in [0.3, 0.4) is 0 Å². The average Bonchev–Trinajstić information content (AvgIpc) is 3.56. The number of rotatable bonds is 7. The summed E-state index contributed by atoms with van der Waals surface area (Å²) < 4.78 is 13.6. The van der Waals surface area contributed by atoms with Gasteiger partial charge in [-0.3, -0.25) is 4.68 Å². The molecule has 0 aliphatic heterocycles. The van der Waals surface area contributed by atoms with E-state index in [1.807, 2.05) is 33.2 Å². The van der Waals surface area contributed by atoms with Crippen LogP contribution in [-0.4, -0.2) is 45.0 Å². The number of nitrogens with zero attached hydrogens (tertiary/aromatic N) is 4. The third-order valence-electron chi connectivity index (χ3n) is 6.76. The normalized spacial score (nSPS) is 17.9. The molecule has 31 heavy (non-hydrogen) atoms. The molecule has 0 aromatic carbocycles. The predicted molar refractivity (Wildman–Crippen MR) is 119 cm³/mol. The Kier molecular flexibility index (Phi) is 6.49. The number of pyridine rings is 1. The quantitative estimate of drug-likeness (QED) is 0.632. The van der Waals surface area contributed by atoms with E-state index in [0.29, 0.717) is 12.0 Å². The van der Waals surface area contributed by atoms with Crippen molar-refractivity contribution in [3.63, 3.8) is 0 Å². The van der Waals surface area contributed by atoms with Crippen LogP contribution in [0.2, 0.25) is 0 Å². The highest BCUT2D eigenvalue weighted by Crippen LogP contribution is 2.35. The van der Waals surface area contributed by atoms with E-state index in [4.69, 9.17) is 14.5 Å². The molecule has 2 aliphatic carbocycles. The molecule has 0 radical (unpaired) electrons. The van der Waals surface area contributed by atoms with Crippen LogP contribution in [0.15, 0.2) is 18.3 Å². The van der Waals surface area contributed by atoms with Gasteiger partial charge in [0.2, 0.25) is 0 Å². The van der Waals surface area contributed by atoms with Crippen LogP contribution < -0.4 is 4.74 Å². The van der Waals surface area contributed by atoms with Crippen LogP contribution in [0.5, 0.6) is 5.75 Å². The first-order valence-corrected chi connectivity index (χ1v) is 11.5. The molecule has 2 saturated carbocycles. The molecule has 0 bridgehead atoms. The van der Waals surface area contributed by atoms with Crippen molar-refractivity contribution in [2.24, 2.45) is 13.0 Å². The Morgan fingerprint density at radius 1 is 1.23 bits per heavy atom. The fourth-order valence-electron chi connectivity index (χ4n) is 4.33. The Bertz CT molecular complexity index is 916. The first-order chi connectivity index (χ1) is 14.9. The van der Waals surface area contributed by atoms with Gasteiger partial charge >= 0.3 is 6.09 Å². The second-order valence-corrected chi connectivity index (χ2v) is 9.03. The fraction of sp³-hybridized carbons (Fsp3) is 0.625. The topological polar surface area (TPSA) is 69.5 Å². The minimum Gasteiger partial charge on any atom is -0.489 e. The summed E-state index contributed by atoms with van der Waals surface area (Å²) in [5.74, 6) is 1.45. The van der Waals surface area contributed by atoms with Crippen molar-refractivity contribution in [2.45, 2.75) is 77.5 Å². The van der Waals surface area contributed by atoms with Crippen LogP contribution in [-0.2, 0) is 18.4 Å². The Morgan fingerprint density at radius 2 is 1.97 bits per heavy atom. The summed E-state index contributed by atoms with van der Waals surface area (Å²) in [4.78, 5) is 19.0. The van der Waals surface area contributed by atoms with Crippen LogP contribution in [0.1, 0.15) is 63.3 Å². The lowest BCUT2D eigenvalue weighted by Crippen LogP contribution is -2.36. The van der Waals surface area contributed by atoms with Gasteiger partial charge in [0.15, 0.2) is 0 Å². The number of ether oxygens (including phenoxy) is 2. The molecule has 2 aliphatic rings. The highest BCUT2D eigenvalue weighted by molar-refractivity contribution is 5.68. The summed E-state index contributed by atoms with van der Waals surface area (Å²) in [6, 6.07) is 4.18. The van der Waals surface area contributed by atoms with Gasteiger partial charge in [-0.05, 0) is 70.4 Å². The number of hydrogen-bond donors (Lipinski definition) is 0. The Hall–Kier alpha value is -2.57. The van der Waals surface area contributed by atoms with Gasteiger partial charge in [-0.1, -0.05) is 6.42 Å². The minimum atomic E-state index is -0.299. The summed E-state index contributed by atoms with van der Waals surface area (Å²) in [7, 11) is 3.67. The molecule has 2 aromatic heterocycles. The summed E-state index contributed by atoms with van der Waals surface area (Å²) in [5.41, 5.74) is 3.38. The Morgan fingerprint density at radius 3 is 2.65 bits per heavy atom. The minimum absolute atomic E-state index is 0.160. The molecule has 1 atom stereocenters. The molecule has 0 N–H and O–H groups in total. The zero-order valence-corrected chi connectivity index (χ0v) is 19.1. The summed E-state index contributed by atoms with van der Waals surface area (Å²) in [6.07, 6.45) is 10.2. The number of aromatic nitrogens is 3. The van der Waals surface area contributed by atoms with Gasteiger partial charge in [-0.2, -0.15) is 5.10 Å². The van der Waals surface area contributed by atoms with Crippen LogP contribution in [0.25, 0.3) is 11.3 Å². The number of aryl methyl sites for hydroxylation is 2. The standard InChI is InChI=1S/C24H34N4O3/c1-16-23(31-19-8-6-5-7-9-19)13-12-21(26-16)20-14-25-28(4)22(20)15-30-24(29)27(3)17(2)18-10-11-18/h12-14,17-19H,5-11,15H2,1-4H3/t17-/m0/s1. The van der Waals surface area contributed by atoms with Gasteiger partial charge in [-0.15, -0.1) is 0 Å². The van der Waals surface area contributed by atoms with E-state index in [2.05, 4.69) is 12.0 Å². The molecule has 4 rings (SSSR count). The zero-order valence-electron chi connectivity index (χ0n) is 19.1. The molecule has 2 heterocycles. The van der Waals surface area contributed by atoms with Crippen LogP contribution in [0, 0.1) is 12.8 Å². The van der Waals surface area contributed by atoms with Crippen molar-refractivity contribution in [3.05, 3.63) is 29.7 Å². The summed E-state index contributed by atoms with van der Waals surface area (Å²) in [5, 5.41) is 4.38. The average molecular weight is 427 g/mol. The Balaban J connectivity index is 1.44. The maximum atomic E-state index is 12.5. The highest BCUT2D eigenvalue weighted by Gasteiger charge is 2.33. The van der Waals surface area contributed by atoms with Gasteiger partial charge in [0.05, 0.1) is 29.4 Å². The van der Waals surface area contributed by atoms with Crippen LogP contribution >= 0.6 is 0 Å². The smallest absolute Gasteiger partial charge is 0.410 e. The first-order valence-electron chi connectivity index (χ1n) is 11.5. The second-order valence-electron chi connectivity index (χ2n) is 9.03. The molecule has 168 valence electrons. The molecule has 2 fully saturated rings. The zero-order chi connectivity index (χ0) is 22.0. The summed E-state index contributed by atoms with van der Waals surface area (Å²) in [6.45, 7) is 4.22. The van der Waals surface area contributed by atoms with E-state index >= 15 is 0 Å². The fourth-order valence-corrected chi connectivity index (χ4v) is 4.33. The van der Waals surface area contributed by atoms with Crippen molar-refractivity contribution in [1.82, 2.24) is 19.7 Å². The van der Waals surface area contributed by atoms with Gasteiger partial charge in [-0.25, -0.2) is 9.78 Å². The monoisotopic (exact) mass is 426 g/mol. The predicted octanol–water partition coefficient (Wildman–Crippen LogP) is 4.87. The van der Waals surface area contributed by atoms with Crippen molar-refractivity contribution < 1.29 is 14.3 Å². The largest absolute Gasteiger partial charge is 0.489 e. The van der Waals surface area contributed by atoms with Crippen LogP contribution in [0.4, 0.5) is 4.79 Å². The lowest BCUT2D eigenvalue weighted by Gasteiger charge is -2.24. The molecule has 2 aromatic rings. The molecule has 0 saturated heterocycles. The molecular formula is C24H34N4O3. The maximum Gasteiger partial charge on any atom is 0.410 e. The number of amides is 1. The van der Waals surface area contributed by atoms with E-state index in [0.717, 1.165) is 41.2 Å². The summed E-state index contributed by atoms with van der Waals surface area (Å²) >= 11 is 0. The lowest BCUT2D eigenvalue weighted by molar-refractivity contribution is 0.0883. The van der Waals surface area contributed by atoms with E-state index in [9.17, 15) is 4.79 Å². The number of hydrogen-bond acceptors (Lipinski definition) is 5. The molecule has 1 amide bonds. The van der Waals surface area contributed by atoms with Crippen molar-refractivity contribution in [1.29, 1.82) is 0 Å². The maximum absolute atomic E-state index is 12.5.